The molecule has 1 N–H and O–H groups in total. The molecule has 0 saturated carbocycles. The van der Waals surface area contributed by atoms with E-state index in [0.717, 1.165) is 25.7 Å². The van der Waals surface area contributed by atoms with Crippen LogP contribution in [0.3, 0.4) is 0 Å². The van der Waals surface area contributed by atoms with E-state index in [1.54, 1.807) is 48.5 Å². The monoisotopic (exact) mass is 487 g/mol. The van der Waals surface area contributed by atoms with Gasteiger partial charge < -0.3 is 9.84 Å². The van der Waals surface area contributed by atoms with E-state index < -0.39 is 17.7 Å². The number of carbonyl (C=O) groups excluding carboxylic acids is 2. The van der Waals surface area contributed by atoms with Gasteiger partial charge in [-0.05, 0) is 91.8 Å². The van der Waals surface area contributed by atoms with E-state index in [1.807, 2.05) is 25.1 Å². The number of amides is 1. The van der Waals surface area contributed by atoms with E-state index in [4.69, 9.17) is 16.3 Å². The summed E-state index contributed by atoms with van der Waals surface area (Å²) < 4.78 is 5.52. The van der Waals surface area contributed by atoms with Crippen molar-refractivity contribution in [3.05, 3.63) is 99.6 Å². The van der Waals surface area contributed by atoms with Gasteiger partial charge in [0, 0.05) is 16.3 Å². The first-order chi connectivity index (χ1) is 17.0. The van der Waals surface area contributed by atoms with Crippen LogP contribution in [0.5, 0.6) is 5.75 Å². The Hall–Kier alpha value is -3.57. The summed E-state index contributed by atoms with van der Waals surface area (Å²) in [5.74, 6) is -0.891. The van der Waals surface area contributed by atoms with Crippen molar-refractivity contribution in [3.63, 3.8) is 0 Å². The number of ether oxygens (including phenoxy) is 1. The van der Waals surface area contributed by atoms with Crippen molar-refractivity contribution in [2.24, 2.45) is 0 Å². The van der Waals surface area contributed by atoms with E-state index in [0.29, 0.717) is 34.2 Å². The largest absolute Gasteiger partial charge is 0.507 e. The summed E-state index contributed by atoms with van der Waals surface area (Å²) >= 11 is 6.12. The fourth-order valence-electron chi connectivity index (χ4n) is 4.97. The van der Waals surface area contributed by atoms with Crippen molar-refractivity contribution in [1.82, 2.24) is 0 Å². The van der Waals surface area contributed by atoms with Gasteiger partial charge in [-0.1, -0.05) is 35.9 Å². The number of aryl methyl sites for hydroxylation is 2. The van der Waals surface area contributed by atoms with Crippen molar-refractivity contribution in [2.45, 2.75) is 38.6 Å². The Morgan fingerprint density at radius 1 is 0.971 bits per heavy atom. The second-order valence-corrected chi connectivity index (χ2v) is 9.27. The Labute approximate surface area is 209 Å². The average Bonchev–Trinajstić information content (AvgIpc) is 3.14. The average molecular weight is 488 g/mol. The van der Waals surface area contributed by atoms with Crippen molar-refractivity contribution < 1.29 is 19.4 Å². The molecule has 2 aliphatic rings. The number of ketones is 1. The highest BCUT2D eigenvalue weighted by molar-refractivity contribution is 6.51. The van der Waals surface area contributed by atoms with Gasteiger partial charge in [0.15, 0.2) is 0 Å². The van der Waals surface area contributed by atoms with Crippen LogP contribution in [0, 0.1) is 0 Å². The number of nitrogens with zero attached hydrogens (tertiary/aromatic N) is 1. The maximum atomic E-state index is 13.4. The van der Waals surface area contributed by atoms with Crippen LogP contribution in [-0.2, 0) is 22.4 Å². The Kier molecular flexibility index (Phi) is 6.35. The number of aliphatic hydroxyl groups excluding tert-OH is 1. The Balaban J connectivity index is 1.65. The molecule has 1 atom stereocenters. The number of hydrogen-bond donors (Lipinski definition) is 1. The third-order valence-corrected chi connectivity index (χ3v) is 6.93. The van der Waals surface area contributed by atoms with Gasteiger partial charge in [-0.15, -0.1) is 0 Å². The lowest BCUT2D eigenvalue weighted by Gasteiger charge is -2.26. The van der Waals surface area contributed by atoms with Gasteiger partial charge in [-0.25, -0.2) is 0 Å². The molecule has 3 aromatic rings. The van der Waals surface area contributed by atoms with Crippen LogP contribution in [0.4, 0.5) is 5.69 Å². The number of halogens is 1. The van der Waals surface area contributed by atoms with E-state index in [1.165, 1.54) is 16.0 Å². The van der Waals surface area contributed by atoms with Crippen molar-refractivity contribution >= 4 is 34.7 Å². The smallest absolute Gasteiger partial charge is 0.300 e. The van der Waals surface area contributed by atoms with Crippen molar-refractivity contribution in [3.8, 4) is 5.75 Å². The van der Waals surface area contributed by atoms with E-state index in [-0.39, 0.29) is 11.3 Å². The SMILES string of the molecule is CCOc1ccc(N2C(=O)C(=O)/C(=C(\O)c3ccc4c(c3)CCCC4)C2c2ccc(Cl)cc2)cc1. The fourth-order valence-corrected chi connectivity index (χ4v) is 5.09. The number of rotatable bonds is 5. The first kappa shape index (κ1) is 23.2. The molecule has 0 radical (unpaired) electrons. The lowest BCUT2D eigenvalue weighted by molar-refractivity contribution is -0.132. The standard InChI is InChI=1S/C29H26ClNO4/c1-2-35-24-15-13-23(14-16-24)31-26(19-9-11-22(30)12-10-19)25(28(33)29(31)34)27(32)21-8-7-18-5-3-4-6-20(18)17-21/h7-17,26,32H,2-6H2,1H3/b27-25-. The highest BCUT2D eigenvalue weighted by atomic mass is 35.5. The zero-order valence-corrected chi connectivity index (χ0v) is 20.2. The number of benzene rings is 3. The van der Waals surface area contributed by atoms with E-state index in [2.05, 4.69) is 0 Å². The fraction of sp³-hybridized carbons (Fsp3) is 0.241. The molecule has 0 aromatic heterocycles. The van der Waals surface area contributed by atoms with E-state index >= 15 is 0 Å². The third kappa shape index (κ3) is 4.32. The molecule has 1 aliphatic heterocycles. The molecule has 1 unspecified atom stereocenters. The normalized spacial score (nSPS) is 19.0. The molecular weight excluding hydrogens is 462 g/mol. The number of aliphatic hydroxyl groups is 1. The van der Waals surface area contributed by atoms with Gasteiger partial charge in [0.1, 0.15) is 11.5 Å². The number of fused-ring (bicyclic) bond motifs is 1. The van der Waals surface area contributed by atoms with Gasteiger partial charge in [-0.3, -0.25) is 14.5 Å². The molecule has 5 rings (SSSR count). The molecule has 5 nitrogen and oxygen atoms in total. The predicted octanol–water partition coefficient (Wildman–Crippen LogP) is 6.24. The highest BCUT2D eigenvalue weighted by Gasteiger charge is 2.47. The number of hydrogen-bond acceptors (Lipinski definition) is 4. The van der Waals surface area contributed by atoms with Crippen molar-refractivity contribution in [1.29, 1.82) is 0 Å². The lowest BCUT2D eigenvalue weighted by atomic mass is 9.88. The molecular formula is C29H26ClNO4. The van der Waals surface area contributed by atoms with Gasteiger partial charge in [-0.2, -0.15) is 0 Å². The molecule has 1 aliphatic carbocycles. The summed E-state index contributed by atoms with van der Waals surface area (Å²) in [6.45, 7) is 2.42. The summed E-state index contributed by atoms with van der Waals surface area (Å²) in [5.41, 5.74) is 4.30. The van der Waals surface area contributed by atoms with Gasteiger partial charge in [0.05, 0.1) is 18.2 Å². The minimum Gasteiger partial charge on any atom is -0.507 e. The maximum Gasteiger partial charge on any atom is 0.300 e. The maximum absolute atomic E-state index is 13.4. The number of anilines is 1. The summed E-state index contributed by atoms with van der Waals surface area (Å²) in [4.78, 5) is 28.1. The predicted molar refractivity (Wildman–Crippen MR) is 137 cm³/mol. The minimum atomic E-state index is -0.791. The molecule has 178 valence electrons. The van der Waals surface area contributed by atoms with E-state index in [9.17, 15) is 14.7 Å². The molecule has 0 spiro atoms. The van der Waals surface area contributed by atoms with Gasteiger partial charge in [0.2, 0.25) is 0 Å². The summed E-state index contributed by atoms with van der Waals surface area (Å²) in [5, 5.41) is 12.0. The van der Waals surface area contributed by atoms with Crippen LogP contribution in [0.1, 0.15) is 48.1 Å². The first-order valence-electron chi connectivity index (χ1n) is 11.9. The summed E-state index contributed by atoms with van der Waals surface area (Å²) in [6, 6.07) is 19.0. The van der Waals surface area contributed by atoms with Crippen LogP contribution >= 0.6 is 11.6 Å². The Bertz CT molecular complexity index is 1310. The Morgan fingerprint density at radius 3 is 2.34 bits per heavy atom. The van der Waals surface area contributed by atoms with Gasteiger partial charge in [0.25, 0.3) is 11.7 Å². The lowest BCUT2D eigenvalue weighted by Crippen LogP contribution is -2.29. The van der Waals surface area contributed by atoms with Gasteiger partial charge >= 0.3 is 0 Å². The van der Waals surface area contributed by atoms with Crippen LogP contribution in [0.15, 0.2) is 72.3 Å². The summed E-state index contributed by atoms with van der Waals surface area (Å²) in [6.07, 6.45) is 4.22. The topological polar surface area (TPSA) is 66.8 Å². The zero-order chi connectivity index (χ0) is 24.5. The first-order valence-corrected chi connectivity index (χ1v) is 12.3. The molecule has 1 saturated heterocycles. The van der Waals surface area contributed by atoms with Crippen LogP contribution < -0.4 is 9.64 Å². The van der Waals surface area contributed by atoms with Crippen LogP contribution in [0.25, 0.3) is 5.76 Å². The number of carbonyl (C=O) groups is 2. The molecule has 1 fully saturated rings. The van der Waals surface area contributed by atoms with Crippen molar-refractivity contribution in [2.75, 3.05) is 11.5 Å². The van der Waals surface area contributed by atoms with Crippen LogP contribution in [0.2, 0.25) is 5.02 Å². The van der Waals surface area contributed by atoms with Crippen LogP contribution in [-0.4, -0.2) is 23.4 Å². The number of Topliss-reactive ketones (excluding diaryl/α,β-unsaturated/α-hetero) is 1. The summed E-state index contributed by atoms with van der Waals surface area (Å²) in [7, 11) is 0. The quantitative estimate of drug-likeness (QED) is 0.262. The Morgan fingerprint density at radius 2 is 1.66 bits per heavy atom. The molecule has 1 amide bonds. The molecule has 0 bridgehead atoms. The molecule has 6 heteroatoms. The molecule has 35 heavy (non-hydrogen) atoms. The third-order valence-electron chi connectivity index (χ3n) is 6.68. The minimum absolute atomic E-state index is 0.0713. The molecule has 3 aromatic carbocycles. The molecule has 1 heterocycles. The zero-order valence-electron chi connectivity index (χ0n) is 19.5. The second kappa shape index (κ2) is 9.59. The highest BCUT2D eigenvalue weighted by Crippen LogP contribution is 2.43. The second-order valence-electron chi connectivity index (χ2n) is 8.84.